The second-order valence-corrected chi connectivity index (χ2v) is 7.22. The lowest BCUT2D eigenvalue weighted by Crippen LogP contribution is -2.23. The molecular weight excluding hydrogens is 418 g/mol. The van der Waals surface area contributed by atoms with Crippen molar-refractivity contribution in [3.05, 3.63) is 70.2 Å². The minimum Gasteiger partial charge on any atom is -0.493 e. The van der Waals surface area contributed by atoms with Gasteiger partial charge in [-0.15, -0.1) is 11.3 Å². The molecule has 0 spiro atoms. The summed E-state index contributed by atoms with van der Waals surface area (Å²) in [6.07, 6.45) is 0. The molecule has 0 unspecified atom stereocenters. The summed E-state index contributed by atoms with van der Waals surface area (Å²) >= 11 is 1.50. The van der Waals surface area contributed by atoms with Crippen molar-refractivity contribution in [2.75, 3.05) is 26.1 Å². The third-order valence-corrected chi connectivity index (χ3v) is 4.86. The van der Waals surface area contributed by atoms with E-state index >= 15 is 0 Å². The zero-order chi connectivity index (χ0) is 22.1. The van der Waals surface area contributed by atoms with Gasteiger partial charge in [-0.1, -0.05) is 12.1 Å². The average molecular weight is 442 g/mol. The number of methoxy groups -OCH3 is 2. The maximum absolute atomic E-state index is 12.6. The predicted octanol–water partition coefficient (Wildman–Crippen LogP) is 3.25. The number of amides is 2. The van der Waals surface area contributed by atoms with Crippen LogP contribution in [-0.2, 0) is 22.7 Å². The van der Waals surface area contributed by atoms with Crippen molar-refractivity contribution in [1.29, 1.82) is 0 Å². The molecule has 8 nitrogen and oxygen atoms in total. The SMILES string of the molecule is COCC(=O)Nc1cccc(CNC(=O)c2ccc(OCc3cscn3)c(OC)c2)c1. The fourth-order valence-corrected chi connectivity index (χ4v) is 3.30. The highest BCUT2D eigenvalue weighted by Crippen LogP contribution is 2.29. The molecule has 0 aliphatic heterocycles. The highest BCUT2D eigenvalue weighted by Gasteiger charge is 2.12. The normalized spacial score (nSPS) is 10.4. The summed E-state index contributed by atoms with van der Waals surface area (Å²) in [6, 6.07) is 12.2. The van der Waals surface area contributed by atoms with Crippen LogP contribution in [0.2, 0.25) is 0 Å². The van der Waals surface area contributed by atoms with E-state index in [2.05, 4.69) is 15.6 Å². The Kier molecular flexibility index (Phi) is 7.97. The molecule has 0 fully saturated rings. The Morgan fingerprint density at radius 3 is 2.71 bits per heavy atom. The van der Waals surface area contributed by atoms with E-state index in [0.29, 0.717) is 35.9 Å². The summed E-state index contributed by atoms with van der Waals surface area (Å²) in [5.41, 5.74) is 4.50. The summed E-state index contributed by atoms with van der Waals surface area (Å²) in [4.78, 5) is 28.4. The van der Waals surface area contributed by atoms with Crippen LogP contribution in [0.5, 0.6) is 11.5 Å². The van der Waals surface area contributed by atoms with Gasteiger partial charge in [-0.2, -0.15) is 0 Å². The van der Waals surface area contributed by atoms with Crippen molar-refractivity contribution in [1.82, 2.24) is 10.3 Å². The lowest BCUT2D eigenvalue weighted by Gasteiger charge is -2.12. The van der Waals surface area contributed by atoms with Crippen molar-refractivity contribution in [2.24, 2.45) is 0 Å². The molecule has 2 N–H and O–H groups in total. The molecule has 2 aromatic carbocycles. The van der Waals surface area contributed by atoms with E-state index < -0.39 is 0 Å². The molecule has 1 aromatic heterocycles. The number of aromatic nitrogens is 1. The Labute approximate surface area is 184 Å². The molecule has 0 aliphatic carbocycles. The largest absolute Gasteiger partial charge is 0.493 e. The van der Waals surface area contributed by atoms with Crippen LogP contribution in [-0.4, -0.2) is 37.6 Å². The highest BCUT2D eigenvalue weighted by atomic mass is 32.1. The number of hydrogen-bond donors (Lipinski definition) is 2. The number of ether oxygens (including phenoxy) is 3. The first-order valence-electron chi connectivity index (χ1n) is 9.43. The van der Waals surface area contributed by atoms with E-state index in [4.69, 9.17) is 14.2 Å². The summed E-state index contributed by atoms with van der Waals surface area (Å²) in [7, 11) is 2.98. The summed E-state index contributed by atoms with van der Waals surface area (Å²) in [5, 5.41) is 7.51. The van der Waals surface area contributed by atoms with Gasteiger partial charge in [0.1, 0.15) is 13.2 Å². The minimum absolute atomic E-state index is 0.0215. The molecule has 9 heteroatoms. The van der Waals surface area contributed by atoms with Crippen molar-refractivity contribution >= 4 is 28.8 Å². The third-order valence-electron chi connectivity index (χ3n) is 4.22. The standard InChI is InChI=1S/C22H23N3O5S/c1-28-12-21(26)25-17-5-3-4-15(8-17)10-23-22(27)16-6-7-19(20(9-16)29-2)30-11-18-13-31-14-24-18/h3-9,13-14H,10-12H2,1-2H3,(H,23,27)(H,25,26). The van der Waals surface area contributed by atoms with E-state index in [-0.39, 0.29) is 18.4 Å². The Balaban J connectivity index is 1.59. The van der Waals surface area contributed by atoms with E-state index in [1.807, 2.05) is 11.4 Å². The molecule has 1 heterocycles. The van der Waals surface area contributed by atoms with Crippen molar-refractivity contribution < 1.29 is 23.8 Å². The Bertz CT molecular complexity index is 1020. The zero-order valence-electron chi connectivity index (χ0n) is 17.2. The molecule has 3 aromatic rings. The second kappa shape index (κ2) is 11.1. The summed E-state index contributed by atoms with van der Waals surface area (Å²) in [6.45, 7) is 0.603. The van der Waals surface area contributed by atoms with Crippen LogP contribution in [0.25, 0.3) is 0 Å². The number of carbonyl (C=O) groups excluding carboxylic acids is 2. The van der Waals surface area contributed by atoms with Gasteiger partial charge in [-0.3, -0.25) is 9.59 Å². The molecule has 2 amide bonds. The quantitative estimate of drug-likeness (QED) is 0.501. The van der Waals surface area contributed by atoms with E-state index in [1.165, 1.54) is 25.6 Å². The Morgan fingerprint density at radius 1 is 1.10 bits per heavy atom. The highest BCUT2D eigenvalue weighted by molar-refractivity contribution is 7.07. The number of hydrogen-bond acceptors (Lipinski definition) is 7. The molecule has 0 saturated heterocycles. The van der Waals surface area contributed by atoms with E-state index in [0.717, 1.165) is 11.3 Å². The maximum Gasteiger partial charge on any atom is 0.251 e. The molecule has 31 heavy (non-hydrogen) atoms. The maximum atomic E-state index is 12.6. The molecule has 3 rings (SSSR count). The van der Waals surface area contributed by atoms with Gasteiger partial charge in [0.25, 0.3) is 5.91 Å². The monoisotopic (exact) mass is 441 g/mol. The molecule has 0 bridgehead atoms. The predicted molar refractivity (Wildman–Crippen MR) is 118 cm³/mol. The molecule has 162 valence electrons. The van der Waals surface area contributed by atoms with Gasteiger partial charge in [-0.05, 0) is 35.9 Å². The number of nitrogens with one attached hydrogen (secondary N) is 2. The molecule has 0 atom stereocenters. The first-order chi connectivity index (χ1) is 15.1. The van der Waals surface area contributed by atoms with Crippen LogP contribution < -0.4 is 20.1 Å². The van der Waals surface area contributed by atoms with Gasteiger partial charge >= 0.3 is 0 Å². The lowest BCUT2D eigenvalue weighted by atomic mass is 10.1. The van der Waals surface area contributed by atoms with Crippen LogP contribution >= 0.6 is 11.3 Å². The van der Waals surface area contributed by atoms with Crippen molar-refractivity contribution in [2.45, 2.75) is 13.2 Å². The van der Waals surface area contributed by atoms with Gasteiger partial charge in [0.2, 0.25) is 5.91 Å². The fraction of sp³-hybridized carbons (Fsp3) is 0.227. The smallest absolute Gasteiger partial charge is 0.251 e. The first kappa shape index (κ1) is 22.3. The van der Waals surface area contributed by atoms with E-state index in [1.54, 1.807) is 41.9 Å². The topological polar surface area (TPSA) is 98.8 Å². The number of rotatable bonds is 10. The summed E-state index contributed by atoms with van der Waals surface area (Å²) < 4.78 is 15.9. The van der Waals surface area contributed by atoms with Crippen molar-refractivity contribution in [3.63, 3.8) is 0 Å². The van der Waals surface area contributed by atoms with Gasteiger partial charge in [0, 0.05) is 30.3 Å². The van der Waals surface area contributed by atoms with Crippen LogP contribution in [0.15, 0.2) is 53.4 Å². The average Bonchev–Trinajstić information content (AvgIpc) is 3.30. The molecule has 0 saturated carbocycles. The third kappa shape index (κ3) is 6.53. The second-order valence-electron chi connectivity index (χ2n) is 6.50. The minimum atomic E-state index is -0.252. The van der Waals surface area contributed by atoms with Crippen LogP contribution in [0.4, 0.5) is 5.69 Å². The summed E-state index contributed by atoms with van der Waals surface area (Å²) in [5.74, 6) is 0.503. The van der Waals surface area contributed by atoms with Gasteiger partial charge in [0.05, 0.1) is 18.3 Å². The van der Waals surface area contributed by atoms with Gasteiger partial charge in [-0.25, -0.2) is 4.98 Å². The van der Waals surface area contributed by atoms with Crippen molar-refractivity contribution in [3.8, 4) is 11.5 Å². The lowest BCUT2D eigenvalue weighted by molar-refractivity contribution is -0.119. The van der Waals surface area contributed by atoms with Crippen LogP contribution in [0.3, 0.4) is 0 Å². The van der Waals surface area contributed by atoms with Gasteiger partial charge in [0.15, 0.2) is 11.5 Å². The number of thiazole rings is 1. The Morgan fingerprint density at radius 2 is 1.97 bits per heavy atom. The van der Waals surface area contributed by atoms with E-state index in [9.17, 15) is 9.59 Å². The number of benzene rings is 2. The molecule has 0 aliphatic rings. The van der Waals surface area contributed by atoms with Crippen LogP contribution in [0.1, 0.15) is 21.6 Å². The fourth-order valence-electron chi connectivity index (χ4n) is 2.76. The van der Waals surface area contributed by atoms with Gasteiger partial charge < -0.3 is 24.8 Å². The molecular formula is C22H23N3O5S. The zero-order valence-corrected chi connectivity index (χ0v) is 18.0. The first-order valence-corrected chi connectivity index (χ1v) is 10.4. The number of nitrogens with zero attached hydrogens (tertiary/aromatic N) is 1. The Hall–Kier alpha value is -3.43. The number of carbonyl (C=O) groups is 2. The van der Waals surface area contributed by atoms with Crippen LogP contribution in [0, 0.1) is 0 Å². The molecule has 0 radical (unpaired) electrons. The number of anilines is 1.